The minimum absolute atomic E-state index is 0.679. The molecule has 0 heteroatoms. The van der Waals surface area contributed by atoms with Gasteiger partial charge in [0.05, 0.1) is 0 Å². The van der Waals surface area contributed by atoms with Gasteiger partial charge < -0.3 is 0 Å². The van der Waals surface area contributed by atoms with Crippen LogP contribution in [0.2, 0.25) is 0 Å². The first-order valence-corrected chi connectivity index (χ1v) is 28.5. The molecule has 0 saturated heterocycles. The van der Waals surface area contributed by atoms with Crippen molar-refractivity contribution in [3.8, 4) is 0 Å². The maximum atomic E-state index is 2.41. The van der Waals surface area contributed by atoms with Crippen molar-refractivity contribution >= 4 is 0 Å². The first kappa shape index (κ1) is 59.0. The van der Waals surface area contributed by atoms with Gasteiger partial charge in [-0.15, -0.1) is 0 Å². The quantitative estimate of drug-likeness (QED) is 0.192. The molecular formula is C61H122. The third-order valence-corrected chi connectivity index (χ3v) is 19.0. The smallest absolute Gasteiger partial charge is 0.0251 e. The molecule has 0 aromatic rings. The number of hydrogen-bond acceptors (Lipinski definition) is 0. The van der Waals surface area contributed by atoms with Crippen LogP contribution >= 0.6 is 0 Å². The molecule has 0 heterocycles. The average molecular weight is 856 g/mol. The highest BCUT2D eigenvalue weighted by molar-refractivity contribution is 4.88. The zero-order valence-corrected chi connectivity index (χ0v) is 46.4. The molecule has 366 valence electrons. The maximum absolute atomic E-state index is 2.41. The third kappa shape index (κ3) is 22.4. The van der Waals surface area contributed by atoms with Crippen molar-refractivity contribution in [2.75, 3.05) is 0 Å². The van der Waals surface area contributed by atoms with Gasteiger partial charge in [-0.2, -0.15) is 0 Å². The van der Waals surface area contributed by atoms with E-state index in [0.717, 1.165) is 107 Å². The van der Waals surface area contributed by atoms with E-state index >= 15 is 0 Å². The van der Waals surface area contributed by atoms with Gasteiger partial charge in [-0.05, 0) is 170 Å². The lowest BCUT2D eigenvalue weighted by Crippen LogP contribution is -2.35. The van der Waals surface area contributed by atoms with Gasteiger partial charge in [-0.3, -0.25) is 0 Å². The summed E-state index contributed by atoms with van der Waals surface area (Å²) in [7, 11) is 0. The molecule has 0 bridgehead atoms. The second-order valence-electron chi connectivity index (χ2n) is 26.1. The molecule has 0 aromatic carbocycles. The SMILES string of the molecule is CC(C)C1(C(C)C)CCCCC1.CC(C)C1CCC(C(C)C)C1.CC(C)C1CCCC(C(C)C)C1.CC(C)C1CCCC(C(C)C)CC1.CC(C)C1CCCCC(C(C)C)C1. The van der Waals surface area contributed by atoms with Crippen LogP contribution in [0.1, 0.15) is 280 Å². The lowest BCUT2D eigenvalue weighted by atomic mass is 9.61. The Bertz CT molecular complexity index is 945. The molecule has 0 spiro atoms. The minimum Gasteiger partial charge on any atom is -0.0625 e. The van der Waals surface area contributed by atoms with Crippen molar-refractivity contribution in [1.82, 2.24) is 0 Å². The summed E-state index contributed by atoms with van der Waals surface area (Å²) in [5, 5.41) is 0. The molecule has 0 N–H and O–H groups in total. The second-order valence-corrected chi connectivity index (χ2v) is 26.1. The summed E-state index contributed by atoms with van der Waals surface area (Å²) >= 11 is 0. The predicted molar refractivity (Wildman–Crippen MR) is 280 cm³/mol. The van der Waals surface area contributed by atoms with Gasteiger partial charge in [0.1, 0.15) is 0 Å². The molecule has 5 aliphatic rings. The first-order valence-electron chi connectivity index (χ1n) is 28.5. The van der Waals surface area contributed by atoms with Gasteiger partial charge in [0.25, 0.3) is 0 Å². The Labute approximate surface area is 390 Å². The molecule has 61 heavy (non-hydrogen) atoms. The molecule has 0 aliphatic heterocycles. The van der Waals surface area contributed by atoms with E-state index in [2.05, 4.69) is 138 Å². The zero-order chi connectivity index (χ0) is 46.4. The average Bonchev–Trinajstić information content (AvgIpc) is 3.39. The van der Waals surface area contributed by atoms with Crippen LogP contribution in [0.3, 0.4) is 0 Å². The van der Waals surface area contributed by atoms with E-state index in [-0.39, 0.29) is 0 Å². The molecule has 5 aliphatic carbocycles. The Morgan fingerprint density at radius 3 is 0.656 bits per heavy atom. The molecule has 5 fully saturated rings. The zero-order valence-electron chi connectivity index (χ0n) is 46.4. The molecular weight excluding hydrogens is 733 g/mol. The Morgan fingerprint density at radius 2 is 0.443 bits per heavy atom. The van der Waals surface area contributed by atoms with Crippen molar-refractivity contribution < 1.29 is 0 Å². The summed E-state index contributed by atoms with van der Waals surface area (Å²) in [5.74, 6) is 17.2. The Kier molecular flexibility index (Phi) is 30.1. The molecule has 5 rings (SSSR count). The van der Waals surface area contributed by atoms with Crippen LogP contribution in [0.15, 0.2) is 0 Å². The van der Waals surface area contributed by atoms with E-state index in [1.807, 2.05) is 0 Å². The molecule has 5 saturated carbocycles. The van der Waals surface area contributed by atoms with Gasteiger partial charge in [-0.1, -0.05) is 222 Å². The van der Waals surface area contributed by atoms with Crippen molar-refractivity contribution in [3.63, 3.8) is 0 Å². The summed E-state index contributed by atoms with van der Waals surface area (Å²) in [6.07, 6.45) is 32.6. The fourth-order valence-electron chi connectivity index (χ4n) is 13.1. The van der Waals surface area contributed by atoms with Gasteiger partial charge >= 0.3 is 0 Å². The summed E-state index contributed by atoms with van der Waals surface area (Å²) in [5.41, 5.74) is 0.679. The van der Waals surface area contributed by atoms with Crippen LogP contribution in [-0.4, -0.2) is 0 Å². The summed E-state index contributed by atoms with van der Waals surface area (Å²) < 4.78 is 0. The highest BCUT2D eigenvalue weighted by Crippen LogP contribution is 2.48. The molecule has 0 radical (unpaired) electrons. The fraction of sp³-hybridized carbons (Fsp3) is 1.00. The standard InChI is InChI=1S/2C13H26.2C12H24.C11H22/c1-10(2)12-6-5-7-13(9-8-12)11(3)4;1-10(2)12-7-5-6-8-13(9-12)11(3)4;1-9(2)11-6-5-7-12(8-11)10(3)4;1-10(2)12(11(3)4)8-6-5-7-9-12;1-8(2)10-5-6-11(7-10)9(3)4/h2*10-13H,5-9H2,1-4H3;9-12H,5-8H2,1-4H3;10-11H,5-9H2,1-4H3;8-11H,5-7H2,1-4H3. The van der Waals surface area contributed by atoms with Gasteiger partial charge in [0.2, 0.25) is 0 Å². The van der Waals surface area contributed by atoms with Crippen LogP contribution in [0, 0.1) is 112 Å². The third-order valence-electron chi connectivity index (χ3n) is 19.0. The Morgan fingerprint density at radius 1 is 0.230 bits per heavy atom. The molecule has 0 nitrogen and oxygen atoms in total. The topological polar surface area (TPSA) is 0 Å². The number of hydrogen-bond donors (Lipinski definition) is 0. The lowest BCUT2D eigenvalue weighted by molar-refractivity contribution is 0.0587. The van der Waals surface area contributed by atoms with Crippen LogP contribution in [-0.2, 0) is 0 Å². The van der Waals surface area contributed by atoms with Crippen molar-refractivity contribution in [2.24, 2.45) is 112 Å². The molecule has 8 atom stereocenters. The lowest BCUT2D eigenvalue weighted by Gasteiger charge is -2.44. The van der Waals surface area contributed by atoms with E-state index in [1.54, 1.807) is 0 Å². The summed E-state index contributed by atoms with van der Waals surface area (Å²) in [6, 6.07) is 0. The summed E-state index contributed by atoms with van der Waals surface area (Å²) in [4.78, 5) is 0. The summed E-state index contributed by atoms with van der Waals surface area (Å²) in [6.45, 7) is 47.8. The highest BCUT2D eigenvalue weighted by atomic mass is 14.4. The Balaban J connectivity index is 0.000000382. The normalized spacial score (nSPS) is 29.8. The molecule has 8 unspecified atom stereocenters. The Hall–Kier alpha value is 0. The van der Waals surface area contributed by atoms with E-state index in [9.17, 15) is 0 Å². The van der Waals surface area contributed by atoms with Crippen LogP contribution in [0.5, 0.6) is 0 Å². The number of rotatable bonds is 10. The van der Waals surface area contributed by atoms with Crippen molar-refractivity contribution in [3.05, 3.63) is 0 Å². The van der Waals surface area contributed by atoms with Crippen LogP contribution < -0.4 is 0 Å². The van der Waals surface area contributed by atoms with E-state index < -0.39 is 0 Å². The highest BCUT2D eigenvalue weighted by Gasteiger charge is 2.37. The molecule has 0 amide bonds. The van der Waals surface area contributed by atoms with Gasteiger partial charge in [0, 0.05) is 0 Å². The predicted octanol–water partition coefficient (Wildman–Crippen LogP) is 21.1. The van der Waals surface area contributed by atoms with E-state index in [0.29, 0.717) is 5.41 Å². The van der Waals surface area contributed by atoms with E-state index in [4.69, 9.17) is 0 Å². The molecule has 0 aromatic heterocycles. The van der Waals surface area contributed by atoms with Crippen molar-refractivity contribution in [1.29, 1.82) is 0 Å². The minimum atomic E-state index is 0.679. The first-order chi connectivity index (χ1) is 28.5. The maximum Gasteiger partial charge on any atom is -0.0251 e. The van der Waals surface area contributed by atoms with Crippen molar-refractivity contribution in [2.45, 2.75) is 280 Å². The largest absolute Gasteiger partial charge is 0.0625 e. The van der Waals surface area contributed by atoms with Gasteiger partial charge in [-0.25, -0.2) is 0 Å². The van der Waals surface area contributed by atoms with Gasteiger partial charge in [0.15, 0.2) is 0 Å². The fourth-order valence-corrected chi connectivity index (χ4v) is 13.1. The van der Waals surface area contributed by atoms with Crippen LogP contribution in [0.25, 0.3) is 0 Å². The second kappa shape index (κ2) is 31.1. The monoisotopic (exact) mass is 855 g/mol. The van der Waals surface area contributed by atoms with Crippen LogP contribution in [0.4, 0.5) is 0 Å². The van der Waals surface area contributed by atoms with E-state index in [1.165, 1.54) is 141 Å².